The van der Waals surface area contributed by atoms with Crippen LogP contribution in [0.3, 0.4) is 0 Å². The third-order valence-electron chi connectivity index (χ3n) is 5.13. The van der Waals surface area contributed by atoms with Crippen LogP contribution in [-0.4, -0.2) is 25.7 Å². The van der Waals surface area contributed by atoms with E-state index in [1.54, 1.807) is 0 Å². The number of pyridine rings is 1. The van der Waals surface area contributed by atoms with E-state index < -0.39 is 35.3 Å². The molecule has 37 heavy (non-hydrogen) atoms. The zero-order valence-corrected chi connectivity index (χ0v) is 18.3. The zero-order valence-electron chi connectivity index (χ0n) is 18.3. The number of benzene rings is 2. The summed E-state index contributed by atoms with van der Waals surface area (Å²) in [4.78, 5) is 19.8. The Morgan fingerprint density at radius 2 is 1.38 bits per heavy atom. The Kier molecular flexibility index (Phi) is 6.55. The maximum absolute atomic E-state index is 13.7. The van der Waals surface area contributed by atoms with Gasteiger partial charge in [0.05, 0.1) is 16.7 Å². The largest absolute Gasteiger partial charge is 0.416 e. The van der Waals surface area contributed by atoms with Crippen LogP contribution in [0.2, 0.25) is 0 Å². The van der Waals surface area contributed by atoms with Crippen molar-refractivity contribution in [2.45, 2.75) is 12.4 Å². The number of nitrogens with two attached hydrogens (primary N) is 1. The molecule has 0 aliphatic heterocycles. The van der Waals surface area contributed by atoms with Crippen LogP contribution in [0.15, 0.2) is 66.9 Å². The molecule has 0 saturated heterocycles. The normalized spacial score (nSPS) is 12.6. The van der Waals surface area contributed by atoms with Gasteiger partial charge < -0.3 is 5.73 Å². The molecule has 1 amide bonds. The van der Waals surface area contributed by atoms with Gasteiger partial charge in [-0.3, -0.25) is 4.79 Å². The number of hydrogen-bond acceptors (Lipinski definition) is 4. The number of alkyl halides is 6. The lowest BCUT2D eigenvalue weighted by Crippen LogP contribution is -2.14. The van der Waals surface area contributed by atoms with Gasteiger partial charge in [-0.1, -0.05) is 24.3 Å². The van der Waals surface area contributed by atoms with Crippen LogP contribution in [0.4, 0.5) is 30.7 Å². The van der Waals surface area contributed by atoms with Crippen molar-refractivity contribution in [3.05, 3.63) is 89.5 Å². The van der Waals surface area contributed by atoms with Crippen molar-refractivity contribution in [3.8, 4) is 22.8 Å². The fraction of sp³-hybridized carbons (Fsp3) is 0.0833. The summed E-state index contributed by atoms with van der Waals surface area (Å²) in [6.45, 7) is 0. The average Bonchev–Trinajstić information content (AvgIpc) is 3.25. The van der Waals surface area contributed by atoms with E-state index in [4.69, 9.17) is 5.73 Å². The molecular weight excluding hydrogens is 507 g/mol. The highest BCUT2D eigenvalue weighted by Gasteiger charge is 2.31. The van der Waals surface area contributed by atoms with E-state index in [1.807, 2.05) is 0 Å². The molecule has 2 heterocycles. The Balaban J connectivity index is 1.87. The highest BCUT2D eigenvalue weighted by atomic mass is 19.4. The van der Waals surface area contributed by atoms with Crippen molar-refractivity contribution in [2.75, 3.05) is 0 Å². The number of rotatable bonds is 5. The SMILES string of the molecule is NC(=O)/C(=C/n1nc(-c2ccc(C(F)(F)F)cc2)nc1-c1ccc(C(F)(F)F)cc1)c1ccnc(F)c1. The third-order valence-corrected chi connectivity index (χ3v) is 5.13. The van der Waals surface area contributed by atoms with E-state index in [9.17, 15) is 35.5 Å². The second kappa shape index (κ2) is 9.48. The first kappa shape index (κ1) is 25.5. The van der Waals surface area contributed by atoms with Gasteiger partial charge in [-0.2, -0.15) is 30.7 Å². The van der Waals surface area contributed by atoms with Crippen LogP contribution < -0.4 is 5.73 Å². The lowest BCUT2D eigenvalue weighted by molar-refractivity contribution is -0.138. The van der Waals surface area contributed by atoms with Crippen LogP contribution in [0, 0.1) is 5.95 Å². The molecule has 0 aliphatic rings. The van der Waals surface area contributed by atoms with Crippen molar-refractivity contribution >= 4 is 17.7 Å². The molecule has 2 aromatic carbocycles. The second-order valence-corrected chi connectivity index (χ2v) is 7.63. The summed E-state index contributed by atoms with van der Waals surface area (Å²) in [7, 11) is 0. The highest BCUT2D eigenvalue weighted by Crippen LogP contribution is 2.33. The van der Waals surface area contributed by atoms with Gasteiger partial charge in [0.15, 0.2) is 11.6 Å². The number of aromatic nitrogens is 4. The highest BCUT2D eigenvalue weighted by molar-refractivity contribution is 6.22. The summed E-state index contributed by atoms with van der Waals surface area (Å²) in [5.74, 6) is -2.05. The van der Waals surface area contributed by atoms with Crippen molar-refractivity contribution in [1.82, 2.24) is 19.7 Å². The maximum Gasteiger partial charge on any atom is 0.416 e. The molecule has 0 unspecified atom stereocenters. The molecule has 0 radical (unpaired) electrons. The van der Waals surface area contributed by atoms with Crippen LogP contribution in [0.5, 0.6) is 0 Å². The van der Waals surface area contributed by atoms with Crippen molar-refractivity contribution < 1.29 is 35.5 Å². The monoisotopic (exact) mass is 521 g/mol. The fourth-order valence-corrected chi connectivity index (χ4v) is 3.32. The number of halogens is 7. The maximum atomic E-state index is 13.7. The second-order valence-electron chi connectivity index (χ2n) is 7.63. The molecule has 2 aromatic heterocycles. The smallest absolute Gasteiger partial charge is 0.366 e. The molecule has 0 spiro atoms. The topological polar surface area (TPSA) is 86.7 Å². The number of primary amides is 1. The standard InChI is InChI=1S/C24H14F7N5O/c25-19-11-15(9-10-33-19)18(20(32)37)12-36-22(14-3-7-17(8-4-14)24(29,30)31)34-21(35-36)13-1-5-16(6-2-13)23(26,27)28/h1-12H,(H2,32,37)/b18-12+. The van der Waals surface area contributed by atoms with E-state index in [0.29, 0.717) is 0 Å². The molecule has 13 heteroatoms. The van der Waals surface area contributed by atoms with Gasteiger partial charge in [0.25, 0.3) is 5.91 Å². The quantitative estimate of drug-likeness (QED) is 0.208. The van der Waals surface area contributed by atoms with Gasteiger partial charge in [-0.15, -0.1) is 5.10 Å². The molecular formula is C24H14F7N5O. The fourth-order valence-electron chi connectivity index (χ4n) is 3.32. The Morgan fingerprint density at radius 1 is 0.838 bits per heavy atom. The first-order chi connectivity index (χ1) is 17.3. The first-order valence-corrected chi connectivity index (χ1v) is 10.3. The predicted octanol–water partition coefficient (Wildman–Crippen LogP) is 5.67. The van der Waals surface area contributed by atoms with Crippen molar-refractivity contribution in [3.63, 3.8) is 0 Å². The van der Waals surface area contributed by atoms with Gasteiger partial charge >= 0.3 is 12.4 Å². The van der Waals surface area contributed by atoms with Gasteiger partial charge in [0.2, 0.25) is 5.95 Å². The summed E-state index contributed by atoms with van der Waals surface area (Å²) in [6.07, 6.45) is -6.99. The molecule has 4 rings (SSSR count). The molecule has 6 nitrogen and oxygen atoms in total. The van der Waals surface area contributed by atoms with Crippen molar-refractivity contribution in [2.24, 2.45) is 5.73 Å². The lowest BCUT2D eigenvalue weighted by atomic mass is 10.1. The van der Waals surface area contributed by atoms with Gasteiger partial charge in [0.1, 0.15) is 0 Å². The first-order valence-electron chi connectivity index (χ1n) is 10.3. The summed E-state index contributed by atoms with van der Waals surface area (Å²) in [5, 5.41) is 4.20. The van der Waals surface area contributed by atoms with Crippen LogP contribution >= 0.6 is 0 Å². The molecule has 4 aromatic rings. The number of carbonyl (C=O) groups is 1. The van der Waals surface area contributed by atoms with E-state index in [1.165, 1.54) is 6.07 Å². The minimum absolute atomic E-state index is 0.0324. The summed E-state index contributed by atoms with van der Waals surface area (Å²) < 4.78 is 92.5. The van der Waals surface area contributed by atoms with Gasteiger partial charge in [-0.05, 0) is 35.9 Å². The zero-order chi connectivity index (χ0) is 27.0. The summed E-state index contributed by atoms with van der Waals surface area (Å²) >= 11 is 0. The molecule has 0 atom stereocenters. The van der Waals surface area contributed by atoms with E-state index in [0.717, 1.165) is 71.7 Å². The van der Waals surface area contributed by atoms with E-state index in [-0.39, 0.29) is 33.9 Å². The lowest BCUT2D eigenvalue weighted by Gasteiger charge is -2.08. The molecule has 0 saturated carbocycles. The Morgan fingerprint density at radius 3 is 1.86 bits per heavy atom. The minimum atomic E-state index is -4.60. The molecule has 2 N–H and O–H groups in total. The van der Waals surface area contributed by atoms with Crippen LogP contribution in [0.1, 0.15) is 16.7 Å². The predicted molar refractivity (Wildman–Crippen MR) is 118 cm³/mol. The summed E-state index contributed by atoms with van der Waals surface area (Å²) in [5.41, 5.74) is 3.71. The molecule has 190 valence electrons. The molecule has 0 fully saturated rings. The Bertz CT molecular complexity index is 1470. The van der Waals surface area contributed by atoms with Gasteiger partial charge in [-0.25, -0.2) is 14.6 Å². The molecule has 0 aliphatic carbocycles. The Labute approximate surface area is 203 Å². The van der Waals surface area contributed by atoms with Crippen LogP contribution in [-0.2, 0) is 17.1 Å². The minimum Gasteiger partial charge on any atom is -0.366 e. The van der Waals surface area contributed by atoms with Crippen LogP contribution in [0.25, 0.3) is 34.5 Å². The van der Waals surface area contributed by atoms with Crippen molar-refractivity contribution in [1.29, 1.82) is 0 Å². The number of nitrogens with zero attached hydrogens (tertiary/aromatic N) is 4. The third kappa shape index (κ3) is 5.66. The number of hydrogen-bond donors (Lipinski definition) is 1. The Hall–Kier alpha value is -4.55. The molecule has 0 bridgehead atoms. The average molecular weight is 521 g/mol. The van der Waals surface area contributed by atoms with Gasteiger partial charge in [0, 0.05) is 29.6 Å². The number of carbonyl (C=O) groups excluding carboxylic acids is 1. The van der Waals surface area contributed by atoms with E-state index in [2.05, 4.69) is 15.1 Å². The number of amides is 1. The summed E-state index contributed by atoms with van der Waals surface area (Å²) in [6, 6.07) is 9.95. The van der Waals surface area contributed by atoms with E-state index >= 15 is 0 Å².